The average molecular weight is 124 g/mol. The number of hydrogen-bond donors (Lipinski definition) is 0. The van der Waals surface area contributed by atoms with Gasteiger partial charge in [-0.05, 0) is 18.8 Å². The molecule has 9 heavy (non-hydrogen) atoms. The van der Waals surface area contributed by atoms with E-state index in [1.54, 1.807) is 0 Å². The van der Waals surface area contributed by atoms with E-state index in [9.17, 15) is 0 Å². The third-order valence-electron chi connectivity index (χ3n) is 2.22. The first-order valence-corrected chi connectivity index (χ1v) is 4.08. The third kappa shape index (κ3) is 2.38. The molecule has 0 aliphatic heterocycles. The molecule has 0 amide bonds. The Morgan fingerprint density at radius 3 is 2.44 bits per heavy atom. The van der Waals surface area contributed by atoms with Crippen molar-refractivity contribution in [1.82, 2.24) is 0 Å². The van der Waals surface area contributed by atoms with Gasteiger partial charge in [-0.2, -0.15) is 0 Å². The minimum atomic E-state index is 0.990. The summed E-state index contributed by atoms with van der Waals surface area (Å²) in [6, 6.07) is 0. The molecule has 1 fully saturated rings. The fraction of sp³-hybridized carbons (Fsp3) is 0.889. The van der Waals surface area contributed by atoms with Gasteiger partial charge in [0.25, 0.3) is 0 Å². The molecule has 0 aromatic rings. The lowest BCUT2D eigenvalue weighted by Crippen LogP contribution is -2.05. The molecule has 2 radical (unpaired) electrons. The molecule has 0 unspecified atom stereocenters. The lowest BCUT2D eigenvalue weighted by Gasteiger charge is -2.19. The van der Waals surface area contributed by atoms with Crippen LogP contribution in [0, 0.1) is 12.3 Å². The highest BCUT2D eigenvalue weighted by atomic mass is 14.2. The average Bonchev–Trinajstić information content (AvgIpc) is 1.91. The van der Waals surface area contributed by atoms with Crippen molar-refractivity contribution in [2.75, 3.05) is 0 Å². The van der Waals surface area contributed by atoms with Gasteiger partial charge in [0.1, 0.15) is 0 Å². The first-order chi connectivity index (χ1) is 4.43. The van der Waals surface area contributed by atoms with Crippen LogP contribution in [0.5, 0.6) is 0 Å². The van der Waals surface area contributed by atoms with Gasteiger partial charge in [-0.3, -0.25) is 0 Å². The van der Waals surface area contributed by atoms with E-state index < -0.39 is 0 Å². The molecule has 0 N–H and O–H groups in total. The Balaban J connectivity index is 2.08. The van der Waals surface area contributed by atoms with E-state index in [0.29, 0.717) is 0 Å². The summed E-state index contributed by atoms with van der Waals surface area (Å²) in [6.07, 6.45) is 11.8. The normalized spacial score (nSPS) is 22.3. The Hall–Kier alpha value is 0. The van der Waals surface area contributed by atoms with Crippen molar-refractivity contribution in [3.63, 3.8) is 0 Å². The van der Waals surface area contributed by atoms with Gasteiger partial charge in [-0.25, -0.2) is 0 Å². The van der Waals surface area contributed by atoms with Gasteiger partial charge in [0.05, 0.1) is 0 Å². The zero-order valence-electron chi connectivity index (χ0n) is 6.32. The topological polar surface area (TPSA) is 0 Å². The summed E-state index contributed by atoms with van der Waals surface area (Å²) in [4.78, 5) is 0. The predicted molar refractivity (Wildman–Crippen MR) is 40.1 cm³/mol. The fourth-order valence-corrected chi connectivity index (χ4v) is 1.68. The van der Waals surface area contributed by atoms with E-state index in [-0.39, 0.29) is 0 Å². The molecule has 52 valence electrons. The van der Waals surface area contributed by atoms with Gasteiger partial charge in [0, 0.05) is 0 Å². The Morgan fingerprint density at radius 1 is 1.22 bits per heavy atom. The van der Waals surface area contributed by atoms with Gasteiger partial charge in [-0.15, -0.1) is 0 Å². The molecule has 0 heterocycles. The maximum absolute atomic E-state index is 3.24. The second kappa shape index (κ2) is 3.92. The van der Waals surface area contributed by atoms with Crippen LogP contribution in [0.1, 0.15) is 45.4 Å². The van der Waals surface area contributed by atoms with Crippen molar-refractivity contribution >= 4 is 0 Å². The first-order valence-electron chi connectivity index (χ1n) is 4.08. The Labute approximate surface area is 58.7 Å². The molecule has 0 aromatic carbocycles. The Bertz CT molecular complexity index is 57.7. The molecular weight excluding hydrogens is 108 g/mol. The maximum Gasteiger partial charge on any atom is -0.0204 e. The van der Waals surface area contributed by atoms with Crippen LogP contribution < -0.4 is 0 Å². The maximum atomic E-state index is 3.24. The lowest BCUT2D eigenvalue weighted by atomic mass is 9.86. The van der Waals surface area contributed by atoms with Crippen LogP contribution in [-0.2, 0) is 0 Å². The van der Waals surface area contributed by atoms with Crippen molar-refractivity contribution < 1.29 is 0 Å². The summed E-state index contributed by atoms with van der Waals surface area (Å²) in [5, 5.41) is 0. The van der Waals surface area contributed by atoms with Crippen molar-refractivity contribution in [3.8, 4) is 0 Å². The standard InChI is InChI=1S/C9H16/c1-2-6-9-7-4-3-5-8-9/h9H,3-8H2,1H3. The van der Waals surface area contributed by atoms with E-state index in [2.05, 4.69) is 13.3 Å². The van der Waals surface area contributed by atoms with E-state index in [0.717, 1.165) is 5.92 Å². The molecular formula is C9H16. The smallest absolute Gasteiger partial charge is 0.0204 e. The van der Waals surface area contributed by atoms with Crippen LogP contribution in [0.3, 0.4) is 0 Å². The highest BCUT2D eigenvalue weighted by molar-refractivity contribution is 4.70. The highest BCUT2D eigenvalue weighted by Crippen LogP contribution is 2.26. The van der Waals surface area contributed by atoms with Crippen molar-refractivity contribution in [3.05, 3.63) is 6.42 Å². The van der Waals surface area contributed by atoms with Gasteiger partial charge >= 0.3 is 0 Å². The molecule has 0 spiro atoms. The summed E-state index contributed by atoms with van der Waals surface area (Å²) >= 11 is 0. The molecule has 0 atom stereocenters. The molecule has 0 heteroatoms. The number of hydrogen-bond acceptors (Lipinski definition) is 0. The van der Waals surface area contributed by atoms with Crippen molar-refractivity contribution in [1.29, 1.82) is 0 Å². The molecule has 1 aliphatic rings. The van der Waals surface area contributed by atoms with Crippen LogP contribution in [0.25, 0.3) is 0 Å². The Morgan fingerprint density at radius 2 is 1.89 bits per heavy atom. The van der Waals surface area contributed by atoms with E-state index >= 15 is 0 Å². The van der Waals surface area contributed by atoms with Crippen molar-refractivity contribution in [2.45, 2.75) is 45.4 Å². The summed E-state index contributed by atoms with van der Waals surface area (Å²) in [5.41, 5.74) is 0. The minimum absolute atomic E-state index is 0.990. The van der Waals surface area contributed by atoms with Crippen LogP contribution in [0.4, 0.5) is 0 Å². The summed E-state index contributed by atoms with van der Waals surface area (Å²) in [7, 11) is 0. The second-order valence-electron chi connectivity index (χ2n) is 3.06. The van der Waals surface area contributed by atoms with Crippen LogP contribution in [0.2, 0.25) is 0 Å². The van der Waals surface area contributed by atoms with Crippen LogP contribution >= 0.6 is 0 Å². The molecule has 0 nitrogen and oxygen atoms in total. The first kappa shape index (κ1) is 7.11. The summed E-state index contributed by atoms with van der Waals surface area (Å²) < 4.78 is 0. The van der Waals surface area contributed by atoms with Gasteiger partial charge in [0.15, 0.2) is 0 Å². The molecule has 1 saturated carbocycles. The third-order valence-corrected chi connectivity index (χ3v) is 2.22. The molecule has 1 aliphatic carbocycles. The summed E-state index contributed by atoms with van der Waals surface area (Å²) in [6.45, 7) is 2.05. The molecule has 0 saturated heterocycles. The monoisotopic (exact) mass is 124 g/mol. The highest BCUT2D eigenvalue weighted by Gasteiger charge is 2.11. The molecule has 0 aromatic heterocycles. The second-order valence-corrected chi connectivity index (χ2v) is 3.06. The number of rotatable bonds is 2. The van der Waals surface area contributed by atoms with Crippen LogP contribution in [-0.4, -0.2) is 0 Å². The van der Waals surface area contributed by atoms with Gasteiger partial charge < -0.3 is 0 Å². The predicted octanol–water partition coefficient (Wildman–Crippen LogP) is 3.06. The SMILES string of the molecule is C[C]CC1CCCCC1. The van der Waals surface area contributed by atoms with E-state index in [1.165, 1.54) is 38.5 Å². The zero-order valence-corrected chi connectivity index (χ0v) is 6.32. The Kier molecular flexibility index (Phi) is 3.10. The lowest BCUT2D eigenvalue weighted by molar-refractivity contribution is 0.354. The van der Waals surface area contributed by atoms with Gasteiger partial charge in [-0.1, -0.05) is 39.0 Å². The molecule has 1 rings (SSSR count). The van der Waals surface area contributed by atoms with E-state index in [1.807, 2.05) is 0 Å². The zero-order chi connectivity index (χ0) is 6.53. The van der Waals surface area contributed by atoms with Crippen LogP contribution in [0.15, 0.2) is 0 Å². The van der Waals surface area contributed by atoms with Crippen molar-refractivity contribution in [2.24, 2.45) is 5.92 Å². The molecule has 0 bridgehead atoms. The largest absolute Gasteiger partial charge is 0.0585 e. The quantitative estimate of drug-likeness (QED) is 0.530. The summed E-state index contributed by atoms with van der Waals surface area (Å²) in [5.74, 6) is 0.990. The van der Waals surface area contributed by atoms with Gasteiger partial charge in [0.2, 0.25) is 0 Å². The van der Waals surface area contributed by atoms with E-state index in [4.69, 9.17) is 0 Å². The fourth-order valence-electron chi connectivity index (χ4n) is 1.68. The minimum Gasteiger partial charge on any atom is -0.0585 e.